The second-order valence-corrected chi connectivity index (χ2v) is 6.26. The van der Waals surface area contributed by atoms with Crippen LogP contribution in [-0.2, 0) is 4.79 Å². The Kier molecular flexibility index (Phi) is 4.59. The zero-order valence-electron chi connectivity index (χ0n) is 12.0. The van der Waals surface area contributed by atoms with Gasteiger partial charge in [0.2, 0.25) is 5.91 Å². The van der Waals surface area contributed by atoms with Crippen LogP contribution in [0.5, 0.6) is 0 Å². The molecule has 3 atom stereocenters. The number of hydrogen-bond acceptors (Lipinski definition) is 2. The van der Waals surface area contributed by atoms with Gasteiger partial charge in [-0.25, -0.2) is 0 Å². The van der Waals surface area contributed by atoms with E-state index in [9.17, 15) is 4.79 Å². The molecule has 0 aromatic rings. The highest BCUT2D eigenvalue weighted by Gasteiger charge is 2.40. The molecule has 3 nitrogen and oxygen atoms in total. The van der Waals surface area contributed by atoms with E-state index in [1.165, 1.54) is 6.42 Å². The molecule has 100 valence electrons. The fraction of sp³-hybridized carbons (Fsp3) is 0.929. The molecule has 1 saturated carbocycles. The van der Waals surface area contributed by atoms with Gasteiger partial charge in [-0.05, 0) is 31.6 Å². The Morgan fingerprint density at radius 2 is 2.00 bits per heavy atom. The highest BCUT2D eigenvalue weighted by molar-refractivity contribution is 5.86. The summed E-state index contributed by atoms with van der Waals surface area (Å²) in [6, 6.07) is 0.250. The smallest absolute Gasteiger partial charge is 0.242 e. The van der Waals surface area contributed by atoms with E-state index in [1.54, 1.807) is 0 Å². The molecule has 0 saturated heterocycles. The lowest BCUT2D eigenvalue weighted by molar-refractivity contribution is -0.140. The average molecular weight is 240 g/mol. The lowest BCUT2D eigenvalue weighted by Crippen LogP contribution is -2.58. The second-order valence-electron chi connectivity index (χ2n) is 6.26. The van der Waals surface area contributed by atoms with Crippen molar-refractivity contribution in [2.24, 2.45) is 17.6 Å². The minimum absolute atomic E-state index is 0.130. The van der Waals surface area contributed by atoms with Crippen LogP contribution in [0.3, 0.4) is 0 Å². The maximum Gasteiger partial charge on any atom is 0.242 e. The van der Waals surface area contributed by atoms with Crippen LogP contribution >= 0.6 is 0 Å². The van der Waals surface area contributed by atoms with Crippen LogP contribution in [0.15, 0.2) is 0 Å². The molecule has 0 radical (unpaired) electrons. The molecular formula is C14H28N2O. The number of nitrogens with two attached hydrogens (primary N) is 1. The van der Waals surface area contributed by atoms with Gasteiger partial charge in [0.15, 0.2) is 0 Å². The van der Waals surface area contributed by atoms with Gasteiger partial charge in [-0.2, -0.15) is 0 Å². The van der Waals surface area contributed by atoms with Gasteiger partial charge in [0.1, 0.15) is 0 Å². The highest BCUT2D eigenvalue weighted by Crippen LogP contribution is 2.32. The van der Waals surface area contributed by atoms with Gasteiger partial charge < -0.3 is 10.6 Å². The summed E-state index contributed by atoms with van der Waals surface area (Å²) in [5.74, 6) is 1.17. The molecule has 1 fully saturated rings. The van der Waals surface area contributed by atoms with E-state index in [4.69, 9.17) is 5.73 Å². The lowest BCUT2D eigenvalue weighted by Gasteiger charge is -2.40. The third-order valence-electron chi connectivity index (χ3n) is 4.35. The van der Waals surface area contributed by atoms with Crippen molar-refractivity contribution in [2.45, 2.75) is 65.0 Å². The van der Waals surface area contributed by atoms with Crippen LogP contribution in [0.25, 0.3) is 0 Å². The van der Waals surface area contributed by atoms with Crippen LogP contribution in [0.2, 0.25) is 0 Å². The minimum Gasteiger partial charge on any atom is -0.341 e. The predicted molar refractivity (Wildman–Crippen MR) is 71.6 cm³/mol. The van der Waals surface area contributed by atoms with Gasteiger partial charge in [-0.3, -0.25) is 4.79 Å². The fourth-order valence-electron chi connectivity index (χ4n) is 2.77. The van der Waals surface area contributed by atoms with Crippen LogP contribution in [0, 0.1) is 11.8 Å². The largest absolute Gasteiger partial charge is 0.341 e. The average Bonchev–Trinajstić information content (AvgIpc) is 2.25. The molecule has 0 heterocycles. The van der Waals surface area contributed by atoms with Crippen molar-refractivity contribution >= 4 is 5.91 Å². The van der Waals surface area contributed by atoms with Crippen molar-refractivity contribution in [1.82, 2.24) is 4.90 Å². The molecule has 0 spiro atoms. The summed E-state index contributed by atoms with van der Waals surface area (Å²) in [6.07, 6.45) is 3.95. The molecule has 0 bridgehead atoms. The Morgan fingerprint density at radius 3 is 2.47 bits per heavy atom. The summed E-state index contributed by atoms with van der Waals surface area (Å²) in [7, 11) is 1.89. The van der Waals surface area contributed by atoms with Gasteiger partial charge in [-0.1, -0.05) is 33.6 Å². The van der Waals surface area contributed by atoms with Crippen LogP contribution in [-0.4, -0.2) is 29.4 Å². The summed E-state index contributed by atoms with van der Waals surface area (Å²) in [5.41, 5.74) is 5.73. The van der Waals surface area contributed by atoms with E-state index in [2.05, 4.69) is 27.7 Å². The molecule has 1 amide bonds. The van der Waals surface area contributed by atoms with Crippen molar-refractivity contribution in [3.63, 3.8) is 0 Å². The first-order valence-electron chi connectivity index (χ1n) is 6.84. The van der Waals surface area contributed by atoms with Gasteiger partial charge in [0, 0.05) is 13.1 Å². The number of nitrogens with zero attached hydrogens (tertiary/aromatic N) is 1. The first-order valence-corrected chi connectivity index (χ1v) is 6.84. The number of amides is 1. The SMILES string of the molecule is CC1CCCC(N)(C(=O)N(C)C(C)C(C)C)C1. The number of rotatable bonds is 3. The third kappa shape index (κ3) is 3.21. The lowest BCUT2D eigenvalue weighted by atomic mass is 9.76. The third-order valence-corrected chi connectivity index (χ3v) is 4.35. The van der Waals surface area contributed by atoms with E-state index in [-0.39, 0.29) is 11.9 Å². The maximum atomic E-state index is 12.5. The molecule has 3 unspecified atom stereocenters. The van der Waals surface area contributed by atoms with E-state index >= 15 is 0 Å². The molecule has 1 aliphatic carbocycles. The van der Waals surface area contributed by atoms with Crippen molar-refractivity contribution in [2.75, 3.05) is 7.05 Å². The Labute approximate surface area is 106 Å². The van der Waals surface area contributed by atoms with Gasteiger partial charge in [-0.15, -0.1) is 0 Å². The highest BCUT2D eigenvalue weighted by atomic mass is 16.2. The van der Waals surface area contributed by atoms with Crippen molar-refractivity contribution in [3.8, 4) is 0 Å². The Balaban J connectivity index is 2.74. The second kappa shape index (κ2) is 5.38. The van der Waals surface area contributed by atoms with E-state index in [0.717, 1.165) is 19.3 Å². The van der Waals surface area contributed by atoms with Crippen molar-refractivity contribution in [3.05, 3.63) is 0 Å². The molecule has 1 rings (SSSR count). The molecule has 0 aromatic heterocycles. The molecule has 0 aliphatic heterocycles. The summed E-state index contributed by atoms with van der Waals surface area (Å²) in [5, 5.41) is 0. The van der Waals surface area contributed by atoms with E-state index in [0.29, 0.717) is 11.8 Å². The number of likely N-dealkylation sites (N-methyl/N-ethyl adjacent to an activating group) is 1. The predicted octanol–water partition coefficient (Wildman–Crippen LogP) is 2.40. The summed E-state index contributed by atoms with van der Waals surface area (Å²) >= 11 is 0. The van der Waals surface area contributed by atoms with Gasteiger partial charge >= 0.3 is 0 Å². The molecule has 0 aromatic carbocycles. The monoisotopic (exact) mass is 240 g/mol. The quantitative estimate of drug-likeness (QED) is 0.823. The van der Waals surface area contributed by atoms with E-state index < -0.39 is 5.54 Å². The van der Waals surface area contributed by atoms with Gasteiger partial charge in [0.25, 0.3) is 0 Å². The zero-order valence-corrected chi connectivity index (χ0v) is 12.0. The molecule has 3 heteroatoms. The van der Waals surface area contributed by atoms with Gasteiger partial charge in [0.05, 0.1) is 5.54 Å². The molecular weight excluding hydrogens is 212 g/mol. The standard InChI is InChI=1S/C14H28N2O/c1-10(2)12(4)16(5)13(17)14(15)8-6-7-11(3)9-14/h10-12H,6-9,15H2,1-5H3. The fourth-order valence-corrected chi connectivity index (χ4v) is 2.77. The van der Waals surface area contributed by atoms with Crippen LogP contribution in [0.1, 0.15) is 53.4 Å². The zero-order chi connectivity index (χ0) is 13.2. The normalized spacial score (nSPS) is 31.4. The molecule has 1 aliphatic rings. The first kappa shape index (κ1) is 14.5. The Hall–Kier alpha value is -0.570. The number of carbonyl (C=O) groups excluding carboxylic acids is 1. The number of hydrogen-bond donors (Lipinski definition) is 1. The van der Waals surface area contributed by atoms with E-state index in [1.807, 2.05) is 11.9 Å². The Bertz CT molecular complexity index is 277. The summed E-state index contributed by atoms with van der Waals surface area (Å²) in [4.78, 5) is 14.4. The van der Waals surface area contributed by atoms with Crippen molar-refractivity contribution < 1.29 is 4.79 Å². The summed E-state index contributed by atoms with van der Waals surface area (Å²) < 4.78 is 0. The molecule has 17 heavy (non-hydrogen) atoms. The Morgan fingerprint density at radius 1 is 1.41 bits per heavy atom. The van der Waals surface area contributed by atoms with Crippen LogP contribution in [0.4, 0.5) is 0 Å². The maximum absolute atomic E-state index is 12.5. The first-order chi connectivity index (χ1) is 7.78. The summed E-state index contributed by atoms with van der Waals surface area (Å²) in [6.45, 7) is 8.57. The topological polar surface area (TPSA) is 46.3 Å². The van der Waals surface area contributed by atoms with Crippen molar-refractivity contribution in [1.29, 1.82) is 0 Å². The van der Waals surface area contributed by atoms with Crippen LogP contribution < -0.4 is 5.73 Å². The minimum atomic E-state index is -0.616. The number of carbonyl (C=O) groups is 1. The molecule has 2 N–H and O–H groups in total.